The zero-order chi connectivity index (χ0) is 16.5. The summed E-state index contributed by atoms with van der Waals surface area (Å²) in [5.74, 6) is 2.59. The minimum absolute atomic E-state index is 1.02. The number of para-hydroxylation sites is 2. The lowest BCUT2D eigenvalue weighted by Crippen LogP contribution is -2.31. The van der Waals surface area contributed by atoms with Crippen molar-refractivity contribution in [2.24, 2.45) is 0 Å². The van der Waals surface area contributed by atoms with Crippen molar-refractivity contribution in [3.8, 4) is 0 Å². The Bertz CT molecular complexity index is 662. The first-order chi connectivity index (χ1) is 11.8. The lowest BCUT2D eigenvalue weighted by atomic mass is 10.2. The maximum Gasteiger partial charge on any atom is 0.150 e. The van der Waals surface area contributed by atoms with Crippen molar-refractivity contribution in [1.82, 2.24) is 9.80 Å². The van der Waals surface area contributed by atoms with Crippen molar-refractivity contribution < 1.29 is 0 Å². The highest BCUT2D eigenvalue weighted by molar-refractivity contribution is 5.59. The van der Waals surface area contributed by atoms with Crippen LogP contribution in [0.3, 0.4) is 0 Å². The van der Waals surface area contributed by atoms with Crippen molar-refractivity contribution >= 4 is 11.4 Å². The molecule has 0 aliphatic carbocycles. The highest BCUT2D eigenvalue weighted by Crippen LogP contribution is 2.34. The van der Waals surface area contributed by atoms with Crippen molar-refractivity contribution in [1.29, 1.82) is 0 Å². The average molecular weight is 320 g/mol. The fourth-order valence-corrected chi connectivity index (χ4v) is 3.64. The lowest BCUT2D eigenvalue weighted by Gasteiger charge is -2.31. The van der Waals surface area contributed by atoms with Crippen LogP contribution in [0.4, 0.5) is 11.4 Å². The van der Waals surface area contributed by atoms with Crippen LogP contribution in [0, 0.1) is 0 Å². The van der Waals surface area contributed by atoms with Crippen LogP contribution in [0.25, 0.3) is 0 Å². The van der Waals surface area contributed by atoms with Crippen LogP contribution in [-0.2, 0) is 0 Å². The first-order valence-corrected chi connectivity index (χ1v) is 8.57. The molecule has 0 amide bonds. The Balaban J connectivity index is 1.81. The number of likely N-dealkylation sites (N-methyl/N-ethyl adjacent to an activating group) is 2. The van der Waals surface area contributed by atoms with Crippen LogP contribution in [0.1, 0.15) is 0 Å². The molecule has 0 unspecified atom stereocenters. The van der Waals surface area contributed by atoms with Crippen LogP contribution < -0.4 is 9.80 Å². The smallest absolute Gasteiger partial charge is 0.150 e. The van der Waals surface area contributed by atoms with Crippen LogP contribution >= 0.6 is 0 Å². The molecule has 0 saturated carbocycles. The highest BCUT2D eigenvalue weighted by atomic mass is 15.5. The molecule has 4 nitrogen and oxygen atoms in total. The minimum Gasteiger partial charge on any atom is -0.356 e. The first-order valence-electron chi connectivity index (χ1n) is 8.57. The van der Waals surface area contributed by atoms with E-state index in [1.54, 1.807) is 0 Å². The molecule has 2 aliphatic heterocycles. The predicted molar refractivity (Wildman–Crippen MR) is 99.9 cm³/mol. The molecule has 2 aromatic carbocycles. The van der Waals surface area contributed by atoms with E-state index < -0.39 is 0 Å². The number of anilines is 2. The van der Waals surface area contributed by atoms with Crippen molar-refractivity contribution in [3.05, 3.63) is 72.3 Å². The van der Waals surface area contributed by atoms with Gasteiger partial charge in [-0.25, -0.2) is 0 Å². The summed E-state index contributed by atoms with van der Waals surface area (Å²) in [6.45, 7) is 4.14. The molecule has 4 rings (SSSR count). The van der Waals surface area contributed by atoms with Gasteiger partial charge in [0.25, 0.3) is 0 Å². The van der Waals surface area contributed by atoms with Crippen LogP contribution in [0.2, 0.25) is 0 Å². The van der Waals surface area contributed by atoms with Crippen molar-refractivity contribution in [3.63, 3.8) is 0 Å². The second-order valence-electron chi connectivity index (χ2n) is 6.46. The molecule has 2 fully saturated rings. The maximum atomic E-state index is 2.44. The number of nitrogens with zero attached hydrogens (tertiary/aromatic N) is 4. The predicted octanol–water partition coefficient (Wildman–Crippen LogP) is 3.02. The zero-order valence-corrected chi connectivity index (χ0v) is 14.4. The third kappa shape index (κ3) is 2.48. The lowest BCUT2D eigenvalue weighted by molar-refractivity contribution is 0.429. The third-order valence-electron chi connectivity index (χ3n) is 4.89. The fraction of sp³-hybridized carbons (Fsp3) is 0.300. The molecule has 0 atom stereocenters. The molecule has 2 heterocycles. The Morgan fingerprint density at radius 3 is 1.29 bits per heavy atom. The SMILES string of the molecule is CN1CCN(c2ccccc2)/C1=C1\N(C)CCN1c1ccccc1. The summed E-state index contributed by atoms with van der Waals surface area (Å²) in [5.41, 5.74) is 2.52. The molecule has 4 heteroatoms. The largest absolute Gasteiger partial charge is 0.356 e. The summed E-state index contributed by atoms with van der Waals surface area (Å²) in [5, 5.41) is 0. The Morgan fingerprint density at radius 1 is 0.542 bits per heavy atom. The first kappa shape index (κ1) is 14.9. The van der Waals surface area contributed by atoms with Gasteiger partial charge in [-0.1, -0.05) is 36.4 Å². The summed E-state index contributed by atoms with van der Waals surface area (Å²) >= 11 is 0. The van der Waals surface area contributed by atoms with Crippen LogP contribution in [0.15, 0.2) is 72.3 Å². The molecule has 24 heavy (non-hydrogen) atoms. The summed E-state index contributed by atoms with van der Waals surface area (Å²) in [7, 11) is 4.39. The Hall–Kier alpha value is -2.62. The summed E-state index contributed by atoms with van der Waals surface area (Å²) in [6.07, 6.45) is 0. The zero-order valence-electron chi connectivity index (χ0n) is 14.4. The molecule has 124 valence electrons. The van der Waals surface area contributed by atoms with Gasteiger partial charge in [-0.3, -0.25) is 0 Å². The van der Waals surface area contributed by atoms with Gasteiger partial charge < -0.3 is 19.6 Å². The van der Waals surface area contributed by atoms with Gasteiger partial charge in [-0.05, 0) is 24.3 Å². The van der Waals surface area contributed by atoms with E-state index in [2.05, 4.69) is 94.4 Å². The molecular weight excluding hydrogens is 296 g/mol. The van der Waals surface area contributed by atoms with E-state index in [0.29, 0.717) is 0 Å². The standard InChI is InChI=1S/C20H24N4/c1-21-13-15-23(17-9-5-3-6-10-17)19(21)20-22(2)14-16-24(20)18-11-7-4-8-12-18/h3-12H,13-16H2,1-2H3/b20-19+. The minimum atomic E-state index is 1.02. The van der Waals surface area contributed by atoms with E-state index in [1.165, 1.54) is 23.0 Å². The Morgan fingerprint density at radius 2 is 0.917 bits per heavy atom. The summed E-state index contributed by atoms with van der Waals surface area (Å²) in [6, 6.07) is 21.4. The number of hydrogen-bond acceptors (Lipinski definition) is 4. The van der Waals surface area contributed by atoms with Crippen molar-refractivity contribution in [2.75, 3.05) is 50.1 Å². The average Bonchev–Trinajstić information content (AvgIpc) is 3.19. The Labute approximate surface area is 144 Å². The van der Waals surface area contributed by atoms with Crippen LogP contribution in [-0.4, -0.2) is 50.1 Å². The highest BCUT2D eigenvalue weighted by Gasteiger charge is 2.34. The molecule has 2 saturated heterocycles. The molecule has 2 aliphatic rings. The Kier molecular flexibility index (Phi) is 3.81. The van der Waals surface area contributed by atoms with E-state index in [1.807, 2.05) is 0 Å². The summed E-state index contributed by atoms with van der Waals surface area (Å²) in [4.78, 5) is 9.63. The number of benzene rings is 2. The maximum absolute atomic E-state index is 2.44. The molecule has 0 bridgehead atoms. The molecule has 2 aromatic rings. The van der Waals surface area contributed by atoms with Gasteiger partial charge >= 0.3 is 0 Å². The van der Waals surface area contributed by atoms with E-state index in [4.69, 9.17) is 0 Å². The van der Waals surface area contributed by atoms with Gasteiger partial charge in [0.2, 0.25) is 0 Å². The van der Waals surface area contributed by atoms with E-state index in [9.17, 15) is 0 Å². The molecule has 0 radical (unpaired) electrons. The second kappa shape index (κ2) is 6.11. The topological polar surface area (TPSA) is 13.0 Å². The number of hydrogen-bond donors (Lipinski definition) is 0. The van der Waals surface area contributed by atoms with Gasteiger partial charge in [0.1, 0.15) is 0 Å². The molecule has 0 aromatic heterocycles. The van der Waals surface area contributed by atoms with Gasteiger partial charge in [-0.2, -0.15) is 0 Å². The van der Waals surface area contributed by atoms with Gasteiger partial charge in [-0.15, -0.1) is 0 Å². The van der Waals surface area contributed by atoms with Gasteiger partial charge in [0.15, 0.2) is 11.6 Å². The third-order valence-corrected chi connectivity index (χ3v) is 4.89. The van der Waals surface area contributed by atoms with E-state index in [0.717, 1.165) is 26.2 Å². The number of rotatable bonds is 2. The molecular formula is C20H24N4. The van der Waals surface area contributed by atoms with E-state index in [-0.39, 0.29) is 0 Å². The quantitative estimate of drug-likeness (QED) is 0.843. The van der Waals surface area contributed by atoms with Crippen molar-refractivity contribution in [2.45, 2.75) is 0 Å². The van der Waals surface area contributed by atoms with Crippen LogP contribution in [0.5, 0.6) is 0 Å². The fourth-order valence-electron chi connectivity index (χ4n) is 3.64. The van der Waals surface area contributed by atoms with E-state index >= 15 is 0 Å². The summed E-state index contributed by atoms with van der Waals surface area (Å²) < 4.78 is 0. The van der Waals surface area contributed by atoms with Gasteiger partial charge in [0, 0.05) is 51.6 Å². The van der Waals surface area contributed by atoms with Gasteiger partial charge in [0.05, 0.1) is 0 Å². The monoisotopic (exact) mass is 320 g/mol. The molecule has 0 N–H and O–H groups in total. The second-order valence-corrected chi connectivity index (χ2v) is 6.46. The molecule has 0 spiro atoms. The normalized spacial score (nSPS) is 21.1.